The van der Waals surface area contributed by atoms with E-state index in [1.165, 1.54) is 5.56 Å². The lowest BCUT2D eigenvalue weighted by atomic mass is 9.90. The summed E-state index contributed by atoms with van der Waals surface area (Å²) in [6.45, 7) is 8.67. The van der Waals surface area contributed by atoms with Crippen molar-refractivity contribution in [2.24, 2.45) is 5.73 Å². The molecule has 3 heteroatoms. The van der Waals surface area contributed by atoms with Gasteiger partial charge >= 0.3 is 0 Å². The van der Waals surface area contributed by atoms with E-state index in [4.69, 9.17) is 5.73 Å². The SMILES string of the molecule is C=CCNC(=O)C(CCN)c1ccc(C)cc1C. The molecule has 18 heavy (non-hydrogen) atoms. The van der Waals surface area contributed by atoms with Crippen LogP contribution in [0.15, 0.2) is 30.9 Å². The van der Waals surface area contributed by atoms with Gasteiger partial charge in [-0.25, -0.2) is 0 Å². The zero-order valence-electron chi connectivity index (χ0n) is 11.2. The topological polar surface area (TPSA) is 55.1 Å². The van der Waals surface area contributed by atoms with E-state index in [9.17, 15) is 4.79 Å². The molecule has 1 unspecified atom stereocenters. The Kier molecular flexibility index (Phi) is 5.59. The van der Waals surface area contributed by atoms with E-state index >= 15 is 0 Å². The molecule has 1 atom stereocenters. The Balaban J connectivity index is 2.96. The van der Waals surface area contributed by atoms with Crippen LogP contribution in [0.1, 0.15) is 29.0 Å². The Morgan fingerprint density at radius 3 is 2.78 bits per heavy atom. The molecule has 0 fully saturated rings. The number of nitrogens with two attached hydrogens (primary N) is 1. The highest BCUT2D eigenvalue weighted by molar-refractivity contribution is 5.84. The molecular formula is C15H22N2O. The number of aryl methyl sites for hydroxylation is 2. The van der Waals surface area contributed by atoms with Crippen LogP contribution in [0.5, 0.6) is 0 Å². The number of hydrogen-bond donors (Lipinski definition) is 2. The molecule has 0 aliphatic heterocycles. The van der Waals surface area contributed by atoms with E-state index in [0.717, 1.165) is 11.1 Å². The van der Waals surface area contributed by atoms with Gasteiger partial charge in [-0.15, -0.1) is 6.58 Å². The summed E-state index contributed by atoms with van der Waals surface area (Å²) >= 11 is 0. The van der Waals surface area contributed by atoms with Crippen molar-refractivity contribution in [3.05, 3.63) is 47.5 Å². The van der Waals surface area contributed by atoms with E-state index in [-0.39, 0.29) is 11.8 Å². The fraction of sp³-hybridized carbons (Fsp3) is 0.400. The number of carbonyl (C=O) groups is 1. The minimum absolute atomic E-state index is 0.0207. The van der Waals surface area contributed by atoms with Gasteiger partial charge in [0.1, 0.15) is 0 Å². The first-order valence-electron chi connectivity index (χ1n) is 6.26. The molecular weight excluding hydrogens is 224 g/mol. The highest BCUT2D eigenvalue weighted by Gasteiger charge is 2.20. The zero-order chi connectivity index (χ0) is 13.5. The molecule has 0 bridgehead atoms. The molecule has 0 spiro atoms. The molecule has 0 heterocycles. The van der Waals surface area contributed by atoms with Gasteiger partial charge in [0.05, 0.1) is 5.92 Å². The molecule has 1 aromatic carbocycles. The maximum absolute atomic E-state index is 12.1. The van der Waals surface area contributed by atoms with Crippen LogP contribution in [-0.4, -0.2) is 19.0 Å². The van der Waals surface area contributed by atoms with Crippen molar-refractivity contribution in [2.45, 2.75) is 26.2 Å². The summed E-state index contributed by atoms with van der Waals surface area (Å²) in [6.07, 6.45) is 2.34. The summed E-state index contributed by atoms with van der Waals surface area (Å²) in [5, 5.41) is 2.85. The van der Waals surface area contributed by atoms with Gasteiger partial charge in [-0.2, -0.15) is 0 Å². The third-order valence-corrected chi connectivity index (χ3v) is 2.99. The van der Waals surface area contributed by atoms with Crippen LogP contribution in [0.4, 0.5) is 0 Å². The predicted octanol–water partition coefficient (Wildman–Crippen LogP) is 2.04. The van der Waals surface area contributed by atoms with Crippen molar-refractivity contribution >= 4 is 5.91 Å². The smallest absolute Gasteiger partial charge is 0.227 e. The molecule has 1 aromatic rings. The van der Waals surface area contributed by atoms with Gasteiger partial charge < -0.3 is 11.1 Å². The third-order valence-electron chi connectivity index (χ3n) is 2.99. The number of hydrogen-bond acceptors (Lipinski definition) is 2. The van der Waals surface area contributed by atoms with Crippen molar-refractivity contribution in [3.8, 4) is 0 Å². The first kappa shape index (κ1) is 14.5. The van der Waals surface area contributed by atoms with E-state index in [1.54, 1.807) is 6.08 Å². The lowest BCUT2D eigenvalue weighted by Crippen LogP contribution is -2.31. The Labute approximate surface area is 109 Å². The summed E-state index contributed by atoms with van der Waals surface area (Å²) in [4.78, 5) is 12.1. The van der Waals surface area contributed by atoms with E-state index in [1.807, 2.05) is 26.0 Å². The molecule has 0 radical (unpaired) electrons. The minimum atomic E-state index is -0.171. The Hall–Kier alpha value is -1.61. The summed E-state index contributed by atoms with van der Waals surface area (Å²) in [5.74, 6) is -0.150. The zero-order valence-corrected chi connectivity index (χ0v) is 11.2. The number of rotatable bonds is 6. The van der Waals surface area contributed by atoms with Gasteiger partial charge in [-0.3, -0.25) is 4.79 Å². The molecule has 0 aliphatic rings. The highest BCUT2D eigenvalue weighted by atomic mass is 16.1. The van der Waals surface area contributed by atoms with Gasteiger partial charge in [-0.1, -0.05) is 29.8 Å². The second-order valence-corrected chi connectivity index (χ2v) is 4.52. The summed E-state index contributed by atoms with van der Waals surface area (Å²) in [7, 11) is 0. The summed E-state index contributed by atoms with van der Waals surface area (Å²) in [5.41, 5.74) is 9.02. The largest absolute Gasteiger partial charge is 0.352 e. The number of amides is 1. The van der Waals surface area contributed by atoms with Crippen LogP contribution in [0.25, 0.3) is 0 Å². The molecule has 1 rings (SSSR count). The quantitative estimate of drug-likeness (QED) is 0.755. The first-order valence-corrected chi connectivity index (χ1v) is 6.26. The highest BCUT2D eigenvalue weighted by Crippen LogP contribution is 2.24. The van der Waals surface area contributed by atoms with Crippen LogP contribution in [0, 0.1) is 13.8 Å². The standard InChI is InChI=1S/C15H22N2O/c1-4-9-17-15(18)14(7-8-16)13-6-5-11(2)10-12(13)3/h4-6,10,14H,1,7-9,16H2,2-3H3,(H,17,18). The predicted molar refractivity (Wildman–Crippen MR) is 75.5 cm³/mol. The second-order valence-electron chi connectivity index (χ2n) is 4.52. The molecule has 3 nitrogen and oxygen atoms in total. The van der Waals surface area contributed by atoms with Crippen LogP contribution < -0.4 is 11.1 Å². The lowest BCUT2D eigenvalue weighted by Gasteiger charge is -2.18. The fourth-order valence-corrected chi connectivity index (χ4v) is 2.11. The van der Waals surface area contributed by atoms with E-state index < -0.39 is 0 Å². The van der Waals surface area contributed by atoms with Gasteiger partial charge in [0, 0.05) is 6.54 Å². The molecule has 98 valence electrons. The van der Waals surface area contributed by atoms with Crippen LogP contribution >= 0.6 is 0 Å². The molecule has 0 saturated carbocycles. The average Bonchev–Trinajstić information content (AvgIpc) is 2.34. The van der Waals surface area contributed by atoms with Crippen molar-refractivity contribution < 1.29 is 4.79 Å². The Bertz CT molecular complexity index is 427. The second kappa shape index (κ2) is 6.97. The molecule has 0 saturated heterocycles. The van der Waals surface area contributed by atoms with Crippen LogP contribution in [0.2, 0.25) is 0 Å². The Morgan fingerprint density at radius 2 is 2.22 bits per heavy atom. The van der Waals surface area contributed by atoms with Crippen molar-refractivity contribution in [1.82, 2.24) is 5.32 Å². The number of benzene rings is 1. The monoisotopic (exact) mass is 246 g/mol. The van der Waals surface area contributed by atoms with Gasteiger partial charge in [-0.05, 0) is 37.9 Å². The lowest BCUT2D eigenvalue weighted by molar-refractivity contribution is -0.122. The van der Waals surface area contributed by atoms with Crippen LogP contribution in [-0.2, 0) is 4.79 Å². The summed E-state index contributed by atoms with van der Waals surface area (Å²) < 4.78 is 0. The van der Waals surface area contributed by atoms with E-state index in [2.05, 4.69) is 18.0 Å². The van der Waals surface area contributed by atoms with Crippen molar-refractivity contribution in [3.63, 3.8) is 0 Å². The van der Waals surface area contributed by atoms with Gasteiger partial charge in [0.15, 0.2) is 0 Å². The normalized spacial score (nSPS) is 11.9. The van der Waals surface area contributed by atoms with E-state index in [0.29, 0.717) is 19.5 Å². The van der Waals surface area contributed by atoms with Gasteiger partial charge in [0.25, 0.3) is 0 Å². The maximum Gasteiger partial charge on any atom is 0.227 e. The Morgan fingerprint density at radius 1 is 1.50 bits per heavy atom. The number of nitrogens with one attached hydrogen (secondary N) is 1. The molecule has 3 N–H and O–H groups in total. The molecule has 1 amide bonds. The first-order chi connectivity index (χ1) is 8.60. The summed E-state index contributed by atoms with van der Waals surface area (Å²) in [6, 6.07) is 6.16. The third kappa shape index (κ3) is 3.70. The average molecular weight is 246 g/mol. The van der Waals surface area contributed by atoms with Crippen molar-refractivity contribution in [2.75, 3.05) is 13.1 Å². The van der Waals surface area contributed by atoms with Gasteiger partial charge in [0.2, 0.25) is 5.91 Å². The molecule has 0 aromatic heterocycles. The minimum Gasteiger partial charge on any atom is -0.352 e. The van der Waals surface area contributed by atoms with Crippen molar-refractivity contribution in [1.29, 1.82) is 0 Å². The van der Waals surface area contributed by atoms with Crippen LogP contribution in [0.3, 0.4) is 0 Å². The molecule has 0 aliphatic carbocycles. The maximum atomic E-state index is 12.1. The number of carbonyl (C=O) groups excluding carboxylic acids is 1. The fourth-order valence-electron chi connectivity index (χ4n) is 2.11.